The number of anilines is 3. The van der Waals surface area contributed by atoms with Crippen LogP contribution in [0.4, 0.5) is 17.6 Å². The molecule has 0 atom stereocenters. The molecule has 1 rings (SSSR count). The summed E-state index contributed by atoms with van der Waals surface area (Å²) < 4.78 is 0.580. The first-order valence-corrected chi connectivity index (χ1v) is 4.37. The summed E-state index contributed by atoms with van der Waals surface area (Å²) in [5.74, 6) is 1.03. The maximum absolute atomic E-state index is 11.4. The fourth-order valence-electron chi connectivity index (χ4n) is 1.03. The highest BCUT2D eigenvalue weighted by molar-refractivity contribution is 5.47. The second-order valence-corrected chi connectivity index (χ2v) is 3.08. The van der Waals surface area contributed by atoms with E-state index < -0.39 is 0 Å². The largest absolute Gasteiger partial charge is 0.754 e. The molecule has 1 heterocycles. The SMILES string of the molecule is CCNc1cc(N(C)C)nc(N)[n+]1[O-]. The van der Waals surface area contributed by atoms with E-state index in [1.54, 1.807) is 11.0 Å². The summed E-state index contributed by atoms with van der Waals surface area (Å²) in [6.45, 7) is 2.57. The third-order valence-electron chi connectivity index (χ3n) is 1.74. The molecule has 0 amide bonds. The number of nitrogens with one attached hydrogen (secondary N) is 1. The molecule has 0 saturated heterocycles. The molecular weight excluding hydrogens is 182 g/mol. The lowest BCUT2D eigenvalue weighted by molar-refractivity contribution is -0.577. The van der Waals surface area contributed by atoms with Crippen molar-refractivity contribution in [2.75, 3.05) is 36.6 Å². The van der Waals surface area contributed by atoms with E-state index in [2.05, 4.69) is 10.3 Å². The topological polar surface area (TPSA) is 81.1 Å². The predicted octanol–water partition coefficient (Wildman–Crippen LogP) is -0.205. The standard InChI is InChI=1S/C8H15N5O/c1-4-10-6-5-7(12(2)3)11-8(9)13(6)14/h5,10H,4H2,1-3H3,(H2,9,11). The van der Waals surface area contributed by atoms with Crippen molar-refractivity contribution < 1.29 is 4.73 Å². The van der Waals surface area contributed by atoms with Crippen molar-refractivity contribution in [3.05, 3.63) is 11.3 Å². The van der Waals surface area contributed by atoms with Gasteiger partial charge in [-0.2, -0.15) is 0 Å². The molecule has 6 heteroatoms. The Bertz CT molecular complexity index is 326. The molecule has 0 bridgehead atoms. The number of rotatable bonds is 3. The average Bonchev–Trinajstić information content (AvgIpc) is 2.12. The van der Waals surface area contributed by atoms with Crippen molar-refractivity contribution in [3.8, 4) is 0 Å². The smallest absolute Gasteiger partial charge is 0.346 e. The van der Waals surface area contributed by atoms with Gasteiger partial charge < -0.3 is 21.2 Å². The van der Waals surface area contributed by atoms with Gasteiger partial charge in [-0.3, -0.25) is 0 Å². The van der Waals surface area contributed by atoms with Crippen LogP contribution in [0.2, 0.25) is 0 Å². The summed E-state index contributed by atoms with van der Waals surface area (Å²) in [5.41, 5.74) is 5.46. The third-order valence-corrected chi connectivity index (χ3v) is 1.74. The number of nitrogens with two attached hydrogens (primary N) is 1. The number of hydrogen-bond donors (Lipinski definition) is 2. The first-order chi connectivity index (χ1) is 6.56. The maximum atomic E-state index is 11.4. The minimum Gasteiger partial charge on any atom is -0.754 e. The normalized spacial score (nSPS) is 9.93. The highest BCUT2D eigenvalue weighted by Crippen LogP contribution is 2.12. The number of aromatic nitrogens is 2. The Morgan fingerprint density at radius 3 is 2.79 bits per heavy atom. The Labute approximate surface area is 82.9 Å². The Morgan fingerprint density at radius 2 is 2.29 bits per heavy atom. The van der Waals surface area contributed by atoms with Crippen LogP contribution in [0.5, 0.6) is 0 Å². The molecule has 0 unspecified atom stereocenters. The molecule has 0 radical (unpaired) electrons. The first kappa shape index (κ1) is 10.4. The van der Waals surface area contributed by atoms with Crippen LogP contribution in [-0.2, 0) is 0 Å². The van der Waals surface area contributed by atoms with E-state index in [-0.39, 0.29) is 5.95 Å². The zero-order valence-corrected chi connectivity index (χ0v) is 8.61. The lowest BCUT2D eigenvalue weighted by Crippen LogP contribution is -2.36. The summed E-state index contributed by atoms with van der Waals surface area (Å²) in [6.07, 6.45) is 0. The first-order valence-electron chi connectivity index (χ1n) is 4.37. The molecule has 78 valence electrons. The molecule has 3 N–H and O–H groups in total. The van der Waals surface area contributed by atoms with Gasteiger partial charge in [0.05, 0.1) is 6.07 Å². The van der Waals surface area contributed by atoms with Gasteiger partial charge in [0.1, 0.15) is 0 Å². The van der Waals surface area contributed by atoms with Crippen LogP contribution in [0.25, 0.3) is 0 Å². The van der Waals surface area contributed by atoms with Crippen molar-refractivity contribution >= 4 is 17.6 Å². The quantitative estimate of drug-likeness (QED) is 0.518. The Morgan fingerprint density at radius 1 is 1.64 bits per heavy atom. The Hall–Kier alpha value is -1.72. The molecule has 0 spiro atoms. The van der Waals surface area contributed by atoms with E-state index in [0.29, 0.717) is 22.9 Å². The van der Waals surface area contributed by atoms with Gasteiger partial charge in [-0.05, 0) is 6.92 Å². The lowest BCUT2D eigenvalue weighted by Gasteiger charge is -2.16. The summed E-state index contributed by atoms with van der Waals surface area (Å²) in [5, 5.41) is 14.3. The highest BCUT2D eigenvalue weighted by Gasteiger charge is 2.10. The monoisotopic (exact) mass is 197 g/mol. The molecule has 0 aliphatic carbocycles. The summed E-state index contributed by atoms with van der Waals surface area (Å²) in [6, 6.07) is 1.66. The van der Waals surface area contributed by atoms with Gasteiger partial charge in [-0.15, -0.1) is 0 Å². The number of nitrogens with zero attached hydrogens (tertiary/aromatic N) is 3. The molecule has 14 heavy (non-hydrogen) atoms. The van der Waals surface area contributed by atoms with E-state index >= 15 is 0 Å². The van der Waals surface area contributed by atoms with Gasteiger partial charge in [-0.1, -0.05) is 4.98 Å². The minimum atomic E-state index is -0.0489. The van der Waals surface area contributed by atoms with E-state index in [4.69, 9.17) is 5.73 Å². The van der Waals surface area contributed by atoms with Gasteiger partial charge in [0, 0.05) is 20.6 Å². The van der Waals surface area contributed by atoms with Gasteiger partial charge in [-0.25, -0.2) is 4.73 Å². The molecule has 0 fully saturated rings. The second kappa shape index (κ2) is 3.99. The van der Waals surface area contributed by atoms with E-state index in [1.165, 1.54) is 0 Å². The molecule has 1 aromatic heterocycles. The Kier molecular flexibility index (Phi) is 2.95. The van der Waals surface area contributed by atoms with Crippen LogP contribution in [0.1, 0.15) is 6.92 Å². The van der Waals surface area contributed by atoms with Gasteiger partial charge >= 0.3 is 5.95 Å². The van der Waals surface area contributed by atoms with E-state index in [1.807, 2.05) is 21.0 Å². The summed E-state index contributed by atoms with van der Waals surface area (Å²) >= 11 is 0. The van der Waals surface area contributed by atoms with Crippen LogP contribution >= 0.6 is 0 Å². The van der Waals surface area contributed by atoms with E-state index in [0.717, 1.165) is 0 Å². The van der Waals surface area contributed by atoms with Crippen LogP contribution in [0.15, 0.2) is 6.07 Å². The molecule has 6 nitrogen and oxygen atoms in total. The number of nitrogen functional groups attached to an aromatic ring is 1. The zero-order valence-electron chi connectivity index (χ0n) is 8.61. The van der Waals surface area contributed by atoms with Gasteiger partial charge in [0.25, 0.3) is 0 Å². The zero-order chi connectivity index (χ0) is 10.7. The molecule has 0 saturated carbocycles. The van der Waals surface area contributed by atoms with Gasteiger partial charge in [0.2, 0.25) is 0 Å². The molecule has 0 aliphatic heterocycles. The van der Waals surface area contributed by atoms with Crippen LogP contribution < -0.4 is 20.7 Å². The maximum Gasteiger partial charge on any atom is 0.346 e. The van der Waals surface area contributed by atoms with Crippen molar-refractivity contribution in [1.82, 2.24) is 4.98 Å². The number of hydrogen-bond acceptors (Lipinski definition) is 5. The third kappa shape index (κ3) is 1.95. The fourth-order valence-corrected chi connectivity index (χ4v) is 1.03. The molecule has 0 aromatic carbocycles. The molecular formula is C8H15N5O. The molecule has 1 aromatic rings. The average molecular weight is 197 g/mol. The fraction of sp³-hybridized carbons (Fsp3) is 0.500. The van der Waals surface area contributed by atoms with Crippen LogP contribution in [-0.4, -0.2) is 25.6 Å². The van der Waals surface area contributed by atoms with Crippen LogP contribution in [0.3, 0.4) is 0 Å². The van der Waals surface area contributed by atoms with E-state index in [9.17, 15) is 5.21 Å². The lowest BCUT2D eigenvalue weighted by atomic mass is 10.5. The molecule has 0 aliphatic rings. The Balaban J connectivity index is 3.14. The van der Waals surface area contributed by atoms with Crippen molar-refractivity contribution in [3.63, 3.8) is 0 Å². The second-order valence-electron chi connectivity index (χ2n) is 3.08. The van der Waals surface area contributed by atoms with Crippen molar-refractivity contribution in [2.45, 2.75) is 6.92 Å². The predicted molar refractivity (Wildman–Crippen MR) is 56.1 cm³/mol. The summed E-state index contributed by atoms with van der Waals surface area (Å²) in [4.78, 5) is 5.72. The van der Waals surface area contributed by atoms with Gasteiger partial charge in [0.15, 0.2) is 11.6 Å². The van der Waals surface area contributed by atoms with Crippen LogP contribution in [0, 0.1) is 5.21 Å². The minimum absolute atomic E-state index is 0.0489. The van der Waals surface area contributed by atoms with Crippen molar-refractivity contribution in [1.29, 1.82) is 0 Å². The van der Waals surface area contributed by atoms with Crippen molar-refractivity contribution in [2.24, 2.45) is 0 Å². The summed E-state index contributed by atoms with van der Waals surface area (Å²) in [7, 11) is 3.68. The highest BCUT2D eigenvalue weighted by atomic mass is 16.5.